The van der Waals surface area contributed by atoms with Crippen LogP contribution in [0.5, 0.6) is 0 Å². The Labute approximate surface area is 272 Å². The van der Waals surface area contributed by atoms with Crippen molar-refractivity contribution in [2.75, 3.05) is 0 Å². The van der Waals surface area contributed by atoms with Crippen molar-refractivity contribution in [3.8, 4) is 22.3 Å². The zero-order valence-electron chi connectivity index (χ0n) is 25.1. The molecule has 3 heterocycles. The molecule has 0 aliphatic heterocycles. The van der Waals surface area contributed by atoms with E-state index in [0.29, 0.717) is 0 Å². The van der Waals surface area contributed by atoms with Crippen LogP contribution in [-0.2, 0) is 0 Å². The number of hydrogen-bond acceptors (Lipinski definition) is 3. The number of rotatable bonds is 2. The fourth-order valence-corrected chi connectivity index (χ4v) is 8.89. The second kappa shape index (κ2) is 9.32. The van der Waals surface area contributed by atoms with Crippen LogP contribution < -0.4 is 0 Å². The van der Waals surface area contributed by atoms with E-state index in [1.165, 1.54) is 64.0 Å². The van der Waals surface area contributed by atoms with Crippen LogP contribution in [0.15, 0.2) is 154 Å². The SMILES string of the molecule is c1ccc2c(c1)oc1c2ccc2c3cc(-c4c5ccccc5c(-c5ccc6sc7ccccc7c6c5)c5ccccc45)ccc3oc21. The summed E-state index contributed by atoms with van der Waals surface area (Å²) in [5.74, 6) is 0. The minimum atomic E-state index is 0.798. The molecule has 0 amide bonds. The Kier molecular flexibility index (Phi) is 5.02. The van der Waals surface area contributed by atoms with Crippen molar-refractivity contribution in [1.82, 2.24) is 0 Å². The summed E-state index contributed by atoms with van der Waals surface area (Å²) in [7, 11) is 0. The maximum Gasteiger partial charge on any atom is 0.178 e. The molecule has 0 aliphatic carbocycles. The molecule has 0 bridgehead atoms. The van der Waals surface area contributed by atoms with Crippen LogP contribution in [0, 0.1) is 0 Å². The molecule has 3 heteroatoms. The number of para-hydroxylation sites is 1. The summed E-state index contributed by atoms with van der Waals surface area (Å²) in [6.45, 7) is 0. The van der Waals surface area contributed by atoms with Gasteiger partial charge in [-0.25, -0.2) is 0 Å². The predicted molar refractivity (Wildman–Crippen MR) is 200 cm³/mol. The summed E-state index contributed by atoms with van der Waals surface area (Å²) in [6.07, 6.45) is 0. The maximum atomic E-state index is 6.50. The molecule has 218 valence electrons. The van der Waals surface area contributed by atoms with Gasteiger partial charge < -0.3 is 8.83 Å². The average Bonchev–Trinajstić information content (AvgIpc) is 3.81. The molecule has 0 atom stereocenters. The molecule has 11 rings (SSSR count). The predicted octanol–water partition coefficient (Wildman–Crippen LogP) is 13.5. The lowest BCUT2D eigenvalue weighted by molar-refractivity contribution is 0.633. The lowest BCUT2D eigenvalue weighted by Gasteiger charge is -2.18. The lowest BCUT2D eigenvalue weighted by Crippen LogP contribution is -1.90. The van der Waals surface area contributed by atoms with Gasteiger partial charge in [-0.05, 0) is 92.3 Å². The fourth-order valence-electron chi connectivity index (χ4n) is 7.80. The van der Waals surface area contributed by atoms with Crippen LogP contribution >= 0.6 is 11.3 Å². The van der Waals surface area contributed by atoms with E-state index in [1.54, 1.807) is 0 Å². The molecule has 0 spiro atoms. The maximum absolute atomic E-state index is 6.50. The van der Waals surface area contributed by atoms with E-state index < -0.39 is 0 Å². The number of hydrogen-bond donors (Lipinski definition) is 0. The van der Waals surface area contributed by atoms with Crippen LogP contribution in [0.3, 0.4) is 0 Å². The van der Waals surface area contributed by atoms with Gasteiger partial charge >= 0.3 is 0 Å². The van der Waals surface area contributed by atoms with Crippen molar-refractivity contribution in [3.05, 3.63) is 146 Å². The van der Waals surface area contributed by atoms with E-state index in [0.717, 1.165) is 43.9 Å². The summed E-state index contributed by atoms with van der Waals surface area (Å²) >= 11 is 1.86. The minimum absolute atomic E-state index is 0.798. The van der Waals surface area contributed by atoms with Gasteiger partial charge in [0, 0.05) is 41.7 Å². The monoisotopic (exact) mass is 616 g/mol. The van der Waals surface area contributed by atoms with Gasteiger partial charge in [0.15, 0.2) is 11.2 Å². The van der Waals surface area contributed by atoms with Crippen LogP contribution in [0.4, 0.5) is 0 Å². The second-order valence-electron chi connectivity index (χ2n) is 12.4. The number of thiophene rings is 1. The van der Waals surface area contributed by atoms with Crippen molar-refractivity contribution >= 4 is 96.9 Å². The summed E-state index contributed by atoms with van der Waals surface area (Å²) < 4.78 is 15.5. The second-order valence-corrected chi connectivity index (χ2v) is 13.5. The topological polar surface area (TPSA) is 26.3 Å². The Morgan fingerprint density at radius 3 is 1.45 bits per heavy atom. The molecule has 0 radical (unpaired) electrons. The first-order chi connectivity index (χ1) is 23.3. The Balaban J connectivity index is 1.19. The highest BCUT2D eigenvalue weighted by Crippen LogP contribution is 2.47. The molecule has 11 aromatic rings. The molecule has 0 N–H and O–H groups in total. The van der Waals surface area contributed by atoms with Crippen molar-refractivity contribution in [2.45, 2.75) is 0 Å². The third kappa shape index (κ3) is 3.49. The Bertz CT molecular complexity index is 3020. The van der Waals surface area contributed by atoms with Gasteiger partial charge in [-0.1, -0.05) is 97.1 Å². The molecule has 47 heavy (non-hydrogen) atoms. The van der Waals surface area contributed by atoms with Gasteiger partial charge in [-0.15, -0.1) is 11.3 Å². The standard InChI is InChI=1S/C44H24O2S/c1-3-13-31-29(11-1)41(25-17-21-38-35(23-25)34-20-19-33-27-9-5-7-15-37(27)45-43(33)44(34)46-38)30-12-2-4-14-32(30)42(31)26-18-22-40-36(24-26)28-10-6-8-16-39(28)47-40/h1-24H. The zero-order valence-corrected chi connectivity index (χ0v) is 25.9. The smallest absolute Gasteiger partial charge is 0.178 e. The fraction of sp³-hybridized carbons (Fsp3) is 0. The first kappa shape index (κ1) is 25.3. The average molecular weight is 617 g/mol. The molecular weight excluding hydrogens is 593 g/mol. The first-order valence-corrected chi connectivity index (χ1v) is 16.7. The van der Waals surface area contributed by atoms with Gasteiger partial charge in [0.25, 0.3) is 0 Å². The molecule has 0 aliphatic rings. The van der Waals surface area contributed by atoms with Crippen molar-refractivity contribution in [3.63, 3.8) is 0 Å². The zero-order chi connectivity index (χ0) is 30.6. The van der Waals surface area contributed by atoms with Crippen LogP contribution in [-0.4, -0.2) is 0 Å². The molecule has 0 saturated heterocycles. The lowest BCUT2D eigenvalue weighted by atomic mass is 9.85. The van der Waals surface area contributed by atoms with E-state index in [4.69, 9.17) is 8.83 Å². The molecule has 0 fully saturated rings. The molecule has 0 saturated carbocycles. The van der Waals surface area contributed by atoms with Gasteiger partial charge in [0.05, 0.1) is 0 Å². The molecule has 8 aromatic carbocycles. The third-order valence-electron chi connectivity index (χ3n) is 9.87. The summed E-state index contributed by atoms with van der Waals surface area (Å²) in [4.78, 5) is 0. The van der Waals surface area contributed by atoms with Crippen LogP contribution in [0.25, 0.3) is 108 Å². The van der Waals surface area contributed by atoms with Crippen molar-refractivity contribution in [2.24, 2.45) is 0 Å². The van der Waals surface area contributed by atoms with Gasteiger partial charge in [-0.2, -0.15) is 0 Å². The van der Waals surface area contributed by atoms with E-state index in [1.807, 2.05) is 23.5 Å². The summed E-state index contributed by atoms with van der Waals surface area (Å²) in [5, 5.41) is 12.0. The minimum Gasteiger partial charge on any atom is -0.452 e. The number of furan rings is 2. The van der Waals surface area contributed by atoms with Gasteiger partial charge in [0.2, 0.25) is 0 Å². The van der Waals surface area contributed by atoms with Crippen molar-refractivity contribution < 1.29 is 8.83 Å². The molecule has 2 nitrogen and oxygen atoms in total. The highest BCUT2D eigenvalue weighted by atomic mass is 32.1. The highest BCUT2D eigenvalue weighted by Gasteiger charge is 2.20. The van der Waals surface area contributed by atoms with Gasteiger partial charge in [-0.3, -0.25) is 0 Å². The van der Waals surface area contributed by atoms with E-state index >= 15 is 0 Å². The molecule has 3 aromatic heterocycles. The number of benzene rings is 8. The quantitative estimate of drug-likeness (QED) is 0.181. The van der Waals surface area contributed by atoms with E-state index in [9.17, 15) is 0 Å². The molecular formula is C44H24O2S. The van der Waals surface area contributed by atoms with Gasteiger partial charge in [0.1, 0.15) is 11.2 Å². The number of fused-ring (bicyclic) bond motifs is 12. The largest absolute Gasteiger partial charge is 0.452 e. The Hall–Kier alpha value is -5.90. The third-order valence-corrected chi connectivity index (χ3v) is 11.0. The normalized spacial score (nSPS) is 12.3. The summed E-state index contributed by atoms with van der Waals surface area (Å²) in [5.41, 5.74) is 8.26. The Morgan fingerprint density at radius 2 is 0.787 bits per heavy atom. The van der Waals surface area contributed by atoms with Crippen LogP contribution in [0.1, 0.15) is 0 Å². The van der Waals surface area contributed by atoms with Crippen LogP contribution in [0.2, 0.25) is 0 Å². The first-order valence-electron chi connectivity index (χ1n) is 15.9. The molecule has 0 unspecified atom stereocenters. The van der Waals surface area contributed by atoms with Crippen molar-refractivity contribution in [1.29, 1.82) is 0 Å². The Morgan fingerprint density at radius 1 is 0.319 bits per heavy atom. The van der Waals surface area contributed by atoms with E-state index in [2.05, 4.69) is 133 Å². The highest BCUT2D eigenvalue weighted by molar-refractivity contribution is 7.25. The summed E-state index contributed by atoms with van der Waals surface area (Å²) in [6, 6.07) is 52.6. The van der Waals surface area contributed by atoms with E-state index in [-0.39, 0.29) is 0 Å².